The van der Waals surface area contributed by atoms with Crippen molar-refractivity contribution in [3.05, 3.63) is 50.4 Å². The van der Waals surface area contributed by atoms with E-state index in [1.165, 1.54) is 16.9 Å². The summed E-state index contributed by atoms with van der Waals surface area (Å²) in [5.41, 5.74) is 2.15. The number of aromatic nitrogens is 2. The Hall–Kier alpha value is -2.60. The summed E-state index contributed by atoms with van der Waals surface area (Å²) in [6.45, 7) is 5.36. The van der Waals surface area contributed by atoms with Crippen LogP contribution in [-0.2, 0) is 12.8 Å². The number of H-pyrrole nitrogens is 1. The number of hydrogen-bond donors (Lipinski definition) is 1. The van der Waals surface area contributed by atoms with Crippen LogP contribution < -0.4 is 15.0 Å². The van der Waals surface area contributed by atoms with Crippen LogP contribution in [0.4, 0.5) is 0 Å². The second-order valence-corrected chi connectivity index (χ2v) is 8.60. The Balaban J connectivity index is 1.59. The third-order valence-electron chi connectivity index (χ3n) is 5.30. The molecular weight excluding hydrogens is 396 g/mol. The normalized spacial score (nSPS) is 13.7. The maximum atomic E-state index is 12.7. The van der Waals surface area contributed by atoms with E-state index in [1.54, 1.807) is 11.3 Å². The number of nitrogens with zero attached hydrogens (tertiary/aromatic N) is 1. The number of aryl methyl sites for hydroxylation is 2. The highest BCUT2D eigenvalue weighted by molar-refractivity contribution is 7.18. The fourth-order valence-corrected chi connectivity index (χ4v) is 5.05. The second kappa shape index (κ2) is 9.47. The molecule has 1 aliphatic rings. The molecule has 1 aromatic carbocycles. The SMILES string of the molecule is CCCCOc1ccc(C=Cc2nc3sc4c(c3c(=O)[nH]2)CCCC4)cc1OCC. The molecule has 0 saturated carbocycles. The molecule has 2 aromatic heterocycles. The van der Waals surface area contributed by atoms with E-state index in [-0.39, 0.29) is 5.56 Å². The Bertz CT molecular complexity index is 1110. The average Bonchev–Trinajstić information content (AvgIpc) is 3.13. The molecule has 5 nitrogen and oxygen atoms in total. The first-order valence-corrected chi connectivity index (χ1v) is 11.6. The van der Waals surface area contributed by atoms with Gasteiger partial charge in [0.2, 0.25) is 0 Å². The van der Waals surface area contributed by atoms with Gasteiger partial charge in [-0.15, -0.1) is 11.3 Å². The number of nitrogens with one attached hydrogen (secondary N) is 1. The number of aromatic amines is 1. The molecule has 3 aromatic rings. The molecule has 6 heteroatoms. The molecule has 158 valence electrons. The van der Waals surface area contributed by atoms with Crippen molar-refractivity contribution in [3.63, 3.8) is 0 Å². The average molecular weight is 425 g/mol. The minimum atomic E-state index is -0.0336. The molecule has 0 atom stereocenters. The van der Waals surface area contributed by atoms with Crippen LogP contribution in [0.3, 0.4) is 0 Å². The van der Waals surface area contributed by atoms with Crippen molar-refractivity contribution in [1.29, 1.82) is 0 Å². The van der Waals surface area contributed by atoms with Crippen molar-refractivity contribution < 1.29 is 9.47 Å². The van der Waals surface area contributed by atoms with Crippen molar-refractivity contribution in [2.75, 3.05) is 13.2 Å². The van der Waals surface area contributed by atoms with Gasteiger partial charge in [-0.2, -0.15) is 0 Å². The van der Waals surface area contributed by atoms with E-state index in [9.17, 15) is 4.79 Å². The molecule has 0 radical (unpaired) electrons. The van der Waals surface area contributed by atoms with Crippen LogP contribution in [0.25, 0.3) is 22.4 Å². The van der Waals surface area contributed by atoms with E-state index in [0.717, 1.165) is 59.4 Å². The van der Waals surface area contributed by atoms with Crippen LogP contribution >= 0.6 is 11.3 Å². The van der Waals surface area contributed by atoms with Gasteiger partial charge in [-0.1, -0.05) is 25.5 Å². The van der Waals surface area contributed by atoms with Gasteiger partial charge in [-0.05, 0) is 68.4 Å². The van der Waals surface area contributed by atoms with Crippen LogP contribution in [0.15, 0.2) is 23.0 Å². The maximum Gasteiger partial charge on any atom is 0.260 e. The van der Waals surface area contributed by atoms with Gasteiger partial charge in [0.1, 0.15) is 10.7 Å². The molecule has 1 N–H and O–H groups in total. The molecule has 30 heavy (non-hydrogen) atoms. The van der Waals surface area contributed by atoms with Gasteiger partial charge in [0.25, 0.3) is 5.56 Å². The molecular formula is C24H28N2O3S. The number of unbranched alkanes of at least 4 members (excludes halogenated alkanes) is 1. The lowest BCUT2D eigenvalue weighted by atomic mass is 9.97. The van der Waals surface area contributed by atoms with Crippen molar-refractivity contribution in [2.45, 2.75) is 52.4 Å². The smallest absolute Gasteiger partial charge is 0.260 e. The van der Waals surface area contributed by atoms with Gasteiger partial charge in [0.15, 0.2) is 11.5 Å². The quantitative estimate of drug-likeness (QED) is 0.477. The standard InChI is InChI=1S/C24H28N2O3S/c1-3-5-14-29-18-12-10-16(15-19(18)28-4-2)11-13-21-25-23(27)22-17-8-6-7-9-20(17)30-24(22)26-21/h10-13,15H,3-9,14H2,1-2H3,(H,25,26,27). The van der Waals surface area contributed by atoms with E-state index in [4.69, 9.17) is 14.5 Å². The second-order valence-electron chi connectivity index (χ2n) is 7.52. The highest BCUT2D eigenvalue weighted by Gasteiger charge is 2.19. The monoisotopic (exact) mass is 424 g/mol. The number of hydrogen-bond acceptors (Lipinski definition) is 5. The van der Waals surface area contributed by atoms with E-state index in [0.29, 0.717) is 19.0 Å². The van der Waals surface area contributed by atoms with E-state index in [2.05, 4.69) is 11.9 Å². The minimum absolute atomic E-state index is 0.0336. The molecule has 1 aliphatic carbocycles. The van der Waals surface area contributed by atoms with Gasteiger partial charge in [0, 0.05) is 4.88 Å². The Morgan fingerprint density at radius 2 is 2.00 bits per heavy atom. The van der Waals surface area contributed by atoms with Crippen molar-refractivity contribution in [3.8, 4) is 11.5 Å². The third-order valence-corrected chi connectivity index (χ3v) is 6.49. The van der Waals surface area contributed by atoms with Gasteiger partial charge < -0.3 is 14.5 Å². The van der Waals surface area contributed by atoms with E-state index >= 15 is 0 Å². The zero-order chi connectivity index (χ0) is 20.9. The number of ether oxygens (including phenoxy) is 2. The Labute approximate surface area is 180 Å². The van der Waals surface area contributed by atoms with E-state index in [1.807, 2.05) is 37.3 Å². The van der Waals surface area contributed by atoms with Crippen LogP contribution in [0.2, 0.25) is 0 Å². The summed E-state index contributed by atoms with van der Waals surface area (Å²) in [5, 5.41) is 0.791. The summed E-state index contributed by atoms with van der Waals surface area (Å²) >= 11 is 1.67. The number of benzene rings is 1. The zero-order valence-corrected chi connectivity index (χ0v) is 18.4. The highest BCUT2D eigenvalue weighted by Crippen LogP contribution is 2.33. The Morgan fingerprint density at radius 3 is 2.83 bits per heavy atom. The summed E-state index contributed by atoms with van der Waals surface area (Å²) in [6.07, 6.45) is 10.3. The largest absolute Gasteiger partial charge is 0.490 e. The predicted octanol–water partition coefficient (Wildman–Crippen LogP) is 5.61. The van der Waals surface area contributed by atoms with Gasteiger partial charge in [0.05, 0.1) is 18.6 Å². The lowest BCUT2D eigenvalue weighted by molar-refractivity contribution is 0.272. The first kappa shape index (κ1) is 20.7. The molecule has 0 unspecified atom stereocenters. The van der Waals surface area contributed by atoms with Crippen LogP contribution in [-0.4, -0.2) is 23.2 Å². The predicted molar refractivity (Wildman–Crippen MR) is 124 cm³/mol. The molecule has 0 fully saturated rings. The summed E-state index contributed by atoms with van der Waals surface area (Å²) in [4.78, 5) is 22.5. The molecule has 4 rings (SSSR count). The molecule has 2 heterocycles. The Kier molecular flexibility index (Phi) is 6.53. The molecule has 0 amide bonds. The van der Waals surface area contributed by atoms with Crippen molar-refractivity contribution in [2.24, 2.45) is 0 Å². The molecule has 0 spiro atoms. The van der Waals surface area contributed by atoms with Crippen LogP contribution in [0.5, 0.6) is 11.5 Å². The number of rotatable bonds is 8. The highest BCUT2D eigenvalue weighted by atomic mass is 32.1. The van der Waals surface area contributed by atoms with Crippen molar-refractivity contribution >= 4 is 33.7 Å². The van der Waals surface area contributed by atoms with Gasteiger partial charge in [-0.3, -0.25) is 4.79 Å². The molecule has 0 aliphatic heterocycles. The maximum absolute atomic E-state index is 12.7. The zero-order valence-electron chi connectivity index (χ0n) is 17.6. The van der Waals surface area contributed by atoms with Gasteiger partial charge in [-0.25, -0.2) is 4.98 Å². The minimum Gasteiger partial charge on any atom is -0.490 e. The topological polar surface area (TPSA) is 64.2 Å². The number of thiophene rings is 1. The van der Waals surface area contributed by atoms with E-state index < -0.39 is 0 Å². The van der Waals surface area contributed by atoms with Crippen LogP contribution in [0.1, 0.15) is 61.4 Å². The lowest BCUT2D eigenvalue weighted by Gasteiger charge is -2.12. The summed E-state index contributed by atoms with van der Waals surface area (Å²) in [7, 11) is 0. The summed E-state index contributed by atoms with van der Waals surface area (Å²) in [6, 6.07) is 5.88. The Morgan fingerprint density at radius 1 is 1.13 bits per heavy atom. The van der Waals surface area contributed by atoms with Crippen molar-refractivity contribution in [1.82, 2.24) is 9.97 Å². The lowest BCUT2D eigenvalue weighted by Crippen LogP contribution is -2.11. The first-order chi connectivity index (χ1) is 14.7. The summed E-state index contributed by atoms with van der Waals surface area (Å²) < 4.78 is 11.6. The third kappa shape index (κ3) is 4.43. The fourth-order valence-electron chi connectivity index (χ4n) is 3.78. The van der Waals surface area contributed by atoms with Gasteiger partial charge >= 0.3 is 0 Å². The summed E-state index contributed by atoms with van der Waals surface area (Å²) in [5.74, 6) is 2.07. The molecule has 0 saturated heterocycles. The van der Waals surface area contributed by atoms with Crippen LogP contribution in [0, 0.1) is 0 Å². The molecule has 0 bridgehead atoms. The fraction of sp³-hybridized carbons (Fsp3) is 0.417. The number of fused-ring (bicyclic) bond motifs is 3. The first-order valence-electron chi connectivity index (χ1n) is 10.8.